The molecule has 0 radical (unpaired) electrons. The molecule has 144 valence electrons. The van der Waals surface area contributed by atoms with Crippen molar-refractivity contribution in [3.05, 3.63) is 66.4 Å². The maximum Gasteiger partial charge on any atom is 0.242 e. The van der Waals surface area contributed by atoms with Gasteiger partial charge in [-0.05, 0) is 24.7 Å². The number of nitrogens with zero attached hydrogens (tertiary/aromatic N) is 4. The van der Waals surface area contributed by atoms with E-state index >= 15 is 0 Å². The fourth-order valence-electron chi connectivity index (χ4n) is 4.05. The van der Waals surface area contributed by atoms with Crippen molar-refractivity contribution in [3.63, 3.8) is 0 Å². The van der Waals surface area contributed by atoms with Crippen molar-refractivity contribution in [2.24, 2.45) is 0 Å². The van der Waals surface area contributed by atoms with Gasteiger partial charge in [0, 0.05) is 37.3 Å². The average Bonchev–Trinajstić information content (AvgIpc) is 3.26. The molecular formula is C22H24N4OS. The second-order valence-electron chi connectivity index (χ2n) is 7.51. The van der Waals surface area contributed by atoms with E-state index in [0.717, 1.165) is 37.4 Å². The molecule has 6 heteroatoms. The van der Waals surface area contributed by atoms with Crippen molar-refractivity contribution in [1.29, 1.82) is 0 Å². The van der Waals surface area contributed by atoms with Crippen molar-refractivity contribution in [3.8, 4) is 0 Å². The van der Waals surface area contributed by atoms with Crippen LogP contribution in [0.3, 0.4) is 0 Å². The van der Waals surface area contributed by atoms with Crippen molar-refractivity contribution in [2.75, 3.05) is 44.7 Å². The van der Waals surface area contributed by atoms with Crippen LogP contribution in [0.1, 0.15) is 5.56 Å². The zero-order valence-electron chi connectivity index (χ0n) is 16.0. The largest absolute Gasteiger partial charge is 0.339 e. The minimum atomic E-state index is 0.101. The lowest BCUT2D eigenvalue weighted by atomic mass is 10.1. The minimum absolute atomic E-state index is 0.101. The van der Waals surface area contributed by atoms with Gasteiger partial charge in [0.1, 0.15) is 0 Å². The maximum absolute atomic E-state index is 13.1. The number of thioether (sulfide) groups is 1. The normalized spacial score (nSPS) is 21.5. The monoisotopic (exact) mass is 392 g/mol. The zero-order chi connectivity index (χ0) is 19.1. The van der Waals surface area contributed by atoms with E-state index in [1.807, 2.05) is 22.7 Å². The molecule has 0 aromatic heterocycles. The molecule has 2 aromatic rings. The quantitative estimate of drug-likeness (QED) is 0.801. The molecule has 0 spiro atoms. The van der Waals surface area contributed by atoms with Crippen molar-refractivity contribution in [2.45, 2.75) is 10.4 Å². The van der Waals surface area contributed by atoms with Gasteiger partial charge in [-0.2, -0.15) is 0 Å². The third kappa shape index (κ3) is 3.06. The van der Waals surface area contributed by atoms with Crippen LogP contribution in [0.5, 0.6) is 0 Å². The maximum atomic E-state index is 13.1. The second kappa shape index (κ2) is 7.18. The highest BCUT2D eigenvalue weighted by molar-refractivity contribution is 8.00. The van der Waals surface area contributed by atoms with Gasteiger partial charge >= 0.3 is 0 Å². The predicted molar refractivity (Wildman–Crippen MR) is 114 cm³/mol. The van der Waals surface area contributed by atoms with Crippen molar-refractivity contribution in [1.82, 2.24) is 14.7 Å². The highest BCUT2D eigenvalue weighted by Gasteiger charge is 2.41. The second-order valence-corrected chi connectivity index (χ2v) is 8.61. The molecule has 1 atom stereocenters. The van der Waals surface area contributed by atoms with E-state index in [2.05, 4.69) is 76.5 Å². The summed E-state index contributed by atoms with van der Waals surface area (Å²) in [5.74, 6) is 0.216. The Morgan fingerprint density at radius 1 is 1.00 bits per heavy atom. The van der Waals surface area contributed by atoms with Crippen LogP contribution in [0, 0.1) is 0 Å². The van der Waals surface area contributed by atoms with E-state index in [4.69, 9.17) is 0 Å². The topological polar surface area (TPSA) is 30.0 Å². The number of carbonyl (C=O) groups is 1. The average molecular weight is 393 g/mol. The molecule has 0 aliphatic carbocycles. The number of hydrogen-bond donors (Lipinski definition) is 0. The summed E-state index contributed by atoms with van der Waals surface area (Å²) in [6.07, 6.45) is 2.20. The van der Waals surface area contributed by atoms with Gasteiger partial charge in [-0.1, -0.05) is 54.2 Å². The molecule has 1 fully saturated rings. The Labute approximate surface area is 170 Å². The van der Waals surface area contributed by atoms with Crippen LogP contribution in [0.4, 0.5) is 5.69 Å². The van der Waals surface area contributed by atoms with Crippen LogP contribution in [-0.2, 0) is 4.79 Å². The number of para-hydroxylation sites is 1. The van der Waals surface area contributed by atoms with Gasteiger partial charge in [0.2, 0.25) is 5.91 Å². The van der Waals surface area contributed by atoms with Gasteiger partial charge in [0.15, 0.2) is 5.50 Å². The van der Waals surface area contributed by atoms with Crippen LogP contribution >= 0.6 is 11.8 Å². The number of benzene rings is 2. The Morgan fingerprint density at radius 3 is 2.50 bits per heavy atom. The third-order valence-corrected chi connectivity index (χ3v) is 6.97. The van der Waals surface area contributed by atoms with E-state index in [1.165, 1.54) is 10.6 Å². The molecule has 3 aliphatic rings. The first-order valence-electron chi connectivity index (χ1n) is 9.75. The molecule has 5 rings (SSSR count). The van der Waals surface area contributed by atoms with E-state index in [9.17, 15) is 4.79 Å². The summed E-state index contributed by atoms with van der Waals surface area (Å²) in [6, 6.07) is 18.9. The first kappa shape index (κ1) is 17.6. The standard InChI is InChI=1S/C22H24N4OS/c1-23-11-13-24(14-12-23)21(27)16-26-19(17-7-3-2-4-8-17)15-25-18-9-5-6-10-20(18)28-22(25)26/h2-10,15,22H,11-14,16H2,1H3. The number of hydrogen-bond acceptors (Lipinski definition) is 5. The number of piperazine rings is 1. The first-order valence-corrected chi connectivity index (χ1v) is 10.6. The number of rotatable bonds is 3. The molecule has 3 heterocycles. The van der Waals surface area contributed by atoms with E-state index < -0.39 is 0 Å². The Morgan fingerprint density at radius 2 is 1.71 bits per heavy atom. The van der Waals surface area contributed by atoms with Crippen LogP contribution in [0.2, 0.25) is 0 Å². The van der Waals surface area contributed by atoms with Crippen LogP contribution < -0.4 is 4.90 Å². The molecule has 1 unspecified atom stereocenters. The molecule has 2 aromatic carbocycles. The number of carbonyl (C=O) groups excluding carboxylic acids is 1. The highest BCUT2D eigenvalue weighted by Crippen LogP contribution is 2.50. The van der Waals surface area contributed by atoms with Crippen LogP contribution in [-0.4, -0.2) is 65.9 Å². The molecular weight excluding hydrogens is 368 g/mol. The summed E-state index contributed by atoms with van der Waals surface area (Å²) in [5.41, 5.74) is 3.60. The Hall–Kier alpha value is -2.44. The number of fused-ring (bicyclic) bond motifs is 3. The first-order chi connectivity index (χ1) is 13.7. The molecule has 0 saturated carbocycles. The minimum Gasteiger partial charge on any atom is -0.339 e. The van der Waals surface area contributed by atoms with E-state index in [0.29, 0.717) is 6.54 Å². The highest BCUT2D eigenvalue weighted by atomic mass is 32.2. The summed E-state index contributed by atoms with van der Waals surface area (Å²) < 4.78 is 0. The van der Waals surface area contributed by atoms with E-state index in [1.54, 1.807) is 0 Å². The fourth-order valence-corrected chi connectivity index (χ4v) is 5.33. The molecule has 0 N–H and O–H groups in total. The van der Waals surface area contributed by atoms with E-state index in [-0.39, 0.29) is 11.4 Å². The van der Waals surface area contributed by atoms with Crippen molar-refractivity contribution >= 4 is 29.1 Å². The van der Waals surface area contributed by atoms with Gasteiger partial charge in [-0.15, -0.1) is 0 Å². The molecule has 3 aliphatic heterocycles. The molecule has 1 saturated heterocycles. The lowest BCUT2D eigenvalue weighted by Gasteiger charge is -2.35. The van der Waals surface area contributed by atoms with Crippen LogP contribution in [0.15, 0.2) is 65.7 Å². The molecule has 5 nitrogen and oxygen atoms in total. The Kier molecular flexibility index (Phi) is 4.53. The molecule has 0 bridgehead atoms. The number of amides is 1. The van der Waals surface area contributed by atoms with Gasteiger partial charge in [0.05, 0.1) is 17.9 Å². The Bertz CT molecular complexity index is 908. The van der Waals surface area contributed by atoms with Gasteiger partial charge in [-0.25, -0.2) is 0 Å². The lowest BCUT2D eigenvalue weighted by molar-refractivity contribution is -0.133. The lowest BCUT2D eigenvalue weighted by Crippen LogP contribution is -2.50. The van der Waals surface area contributed by atoms with Gasteiger partial charge in [-0.3, -0.25) is 4.79 Å². The summed E-state index contributed by atoms with van der Waals surface area (Å²) in [5, 5.41) is 0. The summed E-state index contributed by atoms with van der Waals surface area (Å²) >= 11 is 1.82. The number of anilines is 1. The van der Waals surface area contributed by atoms with Gasteiger partial charge in [0.25, 0.3) is 0 Å². The predicted octanol–water partition coefficient (Wildman–Crippen LogP) is 2.97. The SMILES string of the molecule is CN1CCN(C(=O)CN2C(c3ccccc3)=CN3c4ccccc4SC23)CC1. The molecule has 1 amide bonds. The molecule has 28 heavy (non-hydrogen) atoms. The van der Waals surface area contributed by atoms with Crippen LogP contribution in [0.25, 0.3) is 5.70 Å². The zero-order valence-corrected chi connectivity index (χ0v) is 16.8. The summed E-state index contributed by atoms with van der Waals surface area (Å²) in [7, 11) is 2.11. The summed E-state index contributed by atoms with van der Waals surface area (Å²) in [6.45, 7) is 3.93. The fraction of sp³-hybridized carbons (Fsp3) is 0.318. The van der Waals surface area contributed by atoms with Crippen molar-refractivity contribution < 1.29 is 4.79 Å². The Balaban J connectivity index is 1.44. The number of likely N-dealkylation sites (N-methyl/N-ethyl adjacent to an activating group) is 1. The summed E-state index contributed by atoms with van der Waals surface area (Å²) in [4.78, 5) is 23.2. The smallest absolute Gasteiger partial charge is 0.242 e. The van der Waals surface area contributed by atoms with Gasteiger partial charge < -0.3 is 19.6 Å². The third-order valence-electron chi connectivity index (χ3n) is 5.68.